The van der Waals surface area contributed by atoms with Gasteiger partial charge in [-0.3, -0.25) is 14.9 Å². The van der Waals surface area contributed by atoms with Crippen LogP contribution in [-0.2, 0) is 20.7 Å². The molecule has 0 saturated heterocycles. The molecular weight excluding hydrogens is 342 g/mol. The topological polar surface area (TPSA) is 101 Å². The molecule has 8 heteroatoms. The fourth-order valence-electron chi connectivity index (χ4n) is 1.88. The summed E-state index contributed by atoms with van der Waals surface area (Å²) >= 11 is 1.22. The minimum absolute atomic E-state index is 0.0670. The number of ether oxygens (including phenoxy) is 2. The van der Waals surface area contributed by atoms with Crippen LogP contribution in [0.5, 0.6) is 5.75 Å². The van der Waals surface area contributed by atoms with Crippen LogP contribution in [0, 0.1) is 11.3 Å². The molecule has 1 N–H and O–H groups in total. The summed E-state index contributed by atoms with van der Waals surface area (Å²) in [5.41, 5.74) is 1.06. The predicted molar refractivity (Wildman–Crippen MR) is 92.3 cm³/mol. The van der Waals surface area contributed by atoms with E-state index in [1.165, 1.54) is 11.3 Å². The fourth-order valence-corrected chi connectivity index (χ4v) is 2.59. The first kappa shape index (κ1) is 18.4. The van der Waals surface area contributed by atoms with Gasteiger partial charge in [0.1, 0.15) is 5.75 Å². The van der Waals surface area contributed by atoms with Crippen molar-refractivity contribution in [1.82, 2.24) is 4.98 Å². The molecule has 0 radical (unpaired) electrons. The molecule has 0 aliphatic heterocycles. The lowest BCUT2D eigenvalue weighted by Crippen LogP contribution is -2.30. The van der Waals surface area contributed by atoms with Crippen LogP contribution in [0.15, 0.2) is 29.6 Å². The number of esters is 1. The standard InChI is InChI=1S/C17H17N3O4S/c1-3-23-15(21)8-13-10-25-17(19-13)20-16(22)11(2)24-14-6-4-12(9-18)5-7-14/h4-7,10-11H,3,8H2,1-2H3,(H,19,20,22)/t11-/m1/s1. The Morgan fingerprint density at radius 2 is 2.08 bits per heavy atom. The smallest absolute Gasteiger partial charge is 0.311 e. The molecule has 25 heavy (non-hydrogen) atoms. The van der Waals surface area contributed by atoms with Crippen molar-refractivity contribution in [2.24, 2.45) is 0 Å². The molecule has 7 nitrogen and oxygen atoms in total. The van der Waals surface area contributed by atoms with E-state index >= 15 is 0 Å². The first-order valence-corrected chi connectivity index (χ1v) is 8.47. The van der Waals surface area contributed by atoms with Gasteiger partial charge < -0.3 is 9.47 Å². The molecule has 0 unspecified atom stereocenters. The van der Waals surface area contributed by atoms with Crippen LogP contribution in [0.2, 0.25) is 0 Å². The Kier molecular flexibility index (Phi) is 6.48. The van der Waals surface area contributed by atoms with Crippen molar-refractivity contribution in [2.45, 2.75) is 26.4 Å². The second-order valence-electron chi connectivity index (χ2n) is 5.01. The third kappa shape index (κ3) is 5.58. The third-order valence-corrected chi connectivity index (χ3v) is 3.88. The number of amides is 1. The van der Waals surface area contributed by atoms with Gasteiger partial charge in [0.15, 0.2) is 11.2 Å². The van der Waals surface area contributed by atoms with Crippen molar-refractivity contribution in [2.75, 3.05) is 11.9 Å². The molecule has 0 aliphatic rings. The maximum atomic E-state index is 12.2. The number of hydrogen-bond donors (Lipinski definition) is 1. The molecular formula is C17H17N3O4S. The Labute approximate surface area is 149 Å². The average Bonchev–Trinajstić information content (AvgIpc) is 3.02. The Hall–Kier alpha value is -2.92. The predicted octanol–water partition coefficient (Wildman–Crippen LogP) is 2.53. The van der Waals surface area contributed by atoms with E-state index in [9.17, 15) is 9.59 Å². The second-order valence-corrected chi connectivity index (χ2v) is 5.87. The van der Waals surface area contributed by atoms with Crippen LogP contribution in [0.1, 0.15) is 25.1 Å². The molecule has 1 aromatic heterocycles. The van der Waals surface area contributed by atoms with Crippen molar-refractivity contribution in [3.8, 4) is 11.8 Å². The molecule has 0 spiro atoms. The molecule has 0 aliphatic carbocycles. The van der Waals surface area contributed by atoms with Crippen LogP contribution < -0.4 is 10.1 Å². The first-order chi connectivity index (χ1) is 12.0. The van der Waals surface area contributed by atoms with Gasteiger partial charge in [0.2, 0.25) is 0 Å². The van der Waals surface area contributed by atoms with Crippen LogP contribution in [-0.4, -0.2) is 29.6 Å². The lowest BCUT2D eigenvalue weighted by molar-refractivity contribution is -0.142. The van der Waals surface area contributed by atoms with Gasteiger partial charge in [-0.2, -0.15) is 5.26 Å². The SMILES string of the molecule is CCOC(=O)Cc1csc(NC(=O)[C@@H](C)Oc2ccc(C#N)cc2)n1. The highest BCUT2D eigenvalue weighted by Gasteiger charge is 2.17. The number of nitrogens with zero attached hydrogens (tertiary/aromatic N) is 2. The van der Waals surface area contributed by atoms with E-state index in [1.807, 2.05) is 6.07 Å². The number of benzene rings is 1. The summed E-state index contributed by atoms with van der Waals surface area (Å²) < 4.78 is 10.4. The van der Waals surface area contributed by atoms with E-state index < -0.39 is 6.10 Å². The molecule has 2 aromatic rings. The van der Waals surface area contributed by atoms with Gasteiger partial charge in [-0.05, 0) is 38.1 Å². The largest absolute Gasteiger partial charge is 0.481 e. The molecule has 0 saturated carbocycles. The van der Waals surface area contributed by atoms with Crippen LogP contribution in [0.3, 0.4) is 0 Å². The summed E-state index contributed by atoms with van der Waals surface area (Å²) in [5.74, 6) is -0.228. The Balaban J connectivity index is 1.89. The van der Waals surface area contributed by atoms with E-state index in [-0.39, 0.29) is 18.3 Å². The highest BCUT2D eigenvalue weighted by atomic mass is 32.1. The third-order valence-electron chi connectivity index (χ3n) is 3.08. The molecule has 2 rings (SSSR count). The minimum Gasteiger partial charge on any atom is -0.481 e. The Bertz CT molecular complexity index is 780. The number of carbonyl (C=O) groups is 2. The summed E-state index contributed by atoms with van der Waals surface area (Å²) in [6, 6.07) is 8.50. The van der Waals surface area contributed by atoms with Gasteiger partial charge in [0.25, 0.3) is 5.91 Å². The first-order valence-electron chi connectivity index (χ1n) is 7.59. The maximum Gasteiger partial charge on any atom is 0.311 e. The minimum atomic E-state index is -0.745. The maximum absolute atomic E-state index is 12.2. The summed E-state index contributed by atoms with van der Waals surface area (Å²) in [7, 11) is 0. The van der Waals surface area contributed by atoms with E-state index in [0.29, 0.717) is 28.7 Å². The van der Waals surface area contributed by atoms with Crippen LogP contribution in [0.25, 0.3) is 0 Å². The number of anilines is 1. The number of nitrogens with one attached hydrogen (secondary N) is 1. The number of nitriles is 1. The molecule has 1 amide bonds. The van der Waals surface area contributed by atoms with Crippen molar-refractivity contribution in [3.63, 3.8) is 0 Å². The quantitative estimate of drug-likeness (QED) is 0.762. The van der Waals surface area contributed by atoms with Crippen molar-refractivity contribution >= 4 is 28.3 Å². The number of rotatable bonds is 7. The lowest BCUT2D eigenvalue weighted by Gasteiger charge is -2.13. The normalized spacial score (nSPS) is 11.2. The molecule has 0 fully saturated rings. The van der Waals surface area contributed by atoms with Gasteiger partial charge in [-0.25, -0.2) is 4.98 Å². The summed E-state index contributed by atoms with van der Waals surface area (Å²) in [6.07, 6.45) is -0.678. The van der Waals surface area contributed by atoms with Crippen molar-refractivity contribution in [1.29, 1.82) is 5.26 Å². The molecule has 0 bridgehead atoms. The van der Waals surface area contributed by atoms with E-state index in [4.69, 9.17) is 14.7 Å². The number of hydrogen-bond acceptors (Lipinski definition) is 7. The Morgan fingerprint density at radius 1 is 1.36 bits per heavy atom. The number of carbonyl (C=O) groups excluding carboxylic acids is 2. The van der Waals surface area contributed by atoms with Gasteiger partial charge >= 0.3 is 5.97 Å². The molecule has 130 valence electrons. The van der Waals surface area contributed by atoms with Gasteiger partial charge in [-0.15, -0.1) is 11.3 Å². The van der Waals surface area contributed by atoms with Crippen LogP contribution >= 0.6 is 11.3 Å². The van der Waals surface area contributed by atoms with E-state index in [0.717, 1.165) is 0 Å². The van der Waals surface area contributed by atoms with Crippen molar-refractivity contribution < 1.29 is 19.1 Å². The fraction of sp³-hybridized carbons (Fsp3) is 0.294. The molecule has 1 aromatic carbocycles. The monoisotopic (exact) mass is 359 g/mol. The summed E-state index contributed by atoms with van der Waals surface area (Å²) in [6.45, 7) is 3.66. The number of thiazole rings is 1. The zero-order valence-electron chi connectivity index (χ0n) is 13.8. The molecule has 1 heterocycles. The zero-order valence-corrected chi connectivity index (χ0v) is 14.6. The van der Waals surface area contributed by atoms with Gasteiger partial charge in [0, 0.05) is 5.38 Å². The van der Waals surface area contributed by atoms with E-state index in [1.54, 1.807) is 43.5 Å². The highest BCUT2D eigenvalue weighted by molar-refractivity contribution is 7.13. The van der Waals surface area contributed by atoms with Gasteiger partial charge in [-0.1, -0.05) is 0 Å². The van der Waals surface area contributed by atoms with Crippen molar-refractivity contribution in [3.05, 3.63) is 40.9 Å². The highest BCUT2D eigenvalue weighted by Crippen LogP contribution is 2.18. The lowest BCUT2D eigenvalue weighted by atomic mass is 10.2. The second kappa shape index (κ2) is 8.80. The van der Waals surface area contributed by atoms with Crippen LogP contribution in [0.4, 0.5) is 5.13 Å². The average molecular weight is 359 g/mol. The summed E-state index contributed by atoms with van der Waals surface area (Å²) in [4.78, 5) is 27.8. The van der Waals surface area contributed by atoms with E-state index in [2.05, 4.69) is 10.3 Å². The summed E-state index contributed by atoms with van der Waals surface area (Å²) in [5, 5.41) is 13.5. The number of aromatic nitrogens is 1. The molecule has 1 atom stereocenters. The zero-order chi connectivity index (χ0) is 18.2. The Morgan fingerprint density at radius 3 is 2.72 bits per heavy atom. The van der Waals surface area contributed by atoms with Gasteiger partial charge in [0.05, 0.1) is 30.4 Å².